The molecule has 2 heterocycles. The number of benzene rings is 2. The molecule has 0 radical (unpaired) electrons. The van der Waals surface area contributed by atoms with Crippen LogP contribution in [0.2, 0.25) is 0 Å². The lowest BCUT2D eigenvalue weighted by molar-refractivity contribution is -0.162. The Balaban J connectivity index is 1.66. The van der Waals surface area contributed by atoms with Crippen LogP contribution in [0.3, 0.4) is 0 Å². The van der Waals surface area contributed by atoms with Crippen LogP contribution < -0.4 is 0 Å². The largest absolute Gasteiger partial charge is 0.508 e. The van der Waals surface area contributed by atoms with Crippen molar-refractivity contribution >= 4 is 34.4 Å². The fourth-order valence-corrected chi connectivity index (χ4v) is 4.67. The van der Waals surface area contributed by atoms with Gasteiger partial charge in [0.25, 0.3) is 0 Å². The number of ether oxygens (including phenoxy) is 3. The van der Waals surface area contributed by atoms with E-state index in [1.54, 1.807) is 6.92 Å². The zero-order chi connectivity index (χ0) is 25.1. The number of β-lactam (4-membered cyclic amide) rings is 1. The second kappa shape index (κ2) is 10.1. The zero-order valence-corrected chi connectivity index (χ0v) is 19.4. The zero-order valence-electron chi connectivity index (χ0n) is 19.4. The van der Waals surface area contributed by atoms with Crippen molar-refractivity contribution in [2.45, 2.75) is 32.1 Å². The number of esters is 1. The van der Waals surface area contributed by atoms with E-state index in [-0.39, 0.29) is 37.5 Å². The molecule has 3 atom stereocenters. The molecule has 35 heavy (non-hydrogen) atoms. The summed E-state index contributed by atoms with van der Waals surface area (Å²) in [5.74, 6) is -1.55. The van der Waals surface area contributed by atoms with Crippen molar-refractivity contribution in [3.8, 4) is 0 Å². The molecule has 2 aliphatic rings. The van der Waals surface area contributed by atoms with Crippen LogP contribution in [0.5, 0.6) is 0 Å². The Kier molecular flexibility index (Phi) is 7.02. The third-order valence-corrected chi connectivity index (χ3v) is 6.28. The maximum absolute atomic E-state index is 13.1. The number of fused-ring (bicyclic) bond motifs is 2. The third-order valence-electron chi connectivity index (χ3n) is 6.28. The topological polar surface area (TPSA) is 102 Å². The Bertz CT molecular complexity index is 1230. The van der Waals surface area contributed by atoms with E-state index in [2.05, 4.69) is 13.2 Å². The summed E-state index contributed by atoms with van der Waals surface area (Å²) >= 11 is 0. The quantitative estimate of drug-likeness (QED) is 0.334. The van der Waals surface area contributed by atoms with E-state index in [0.29, 0.717) is 12.0 Å². The molecule has 182 valence electrons. The van der Waals surface area contributed by atoms with Gasteiger partial charge in [0, 0.05) is 0 Å². The fraction of sp³-hybridized carbons (Fsp3) is 0.296. The van der Waals surface area contributed by atoms with Crippen molar-refractivity contribution in [1.82, 2.24) is 4.90 Å². The number of aliphatic hydroxyl groups excluding tert-OH is 1. The average molecular weight is 478 g/mol. The van der Waals surface area contributed by atoms with Gasteiger partial charge in [0.2, 0.25) is 5.91 Å². The summed E-state index contributed by atoms with van der Waals surface area (Å²) in [5, 5.41) is 11.4. The van der Waals surface area contributed by atoms with Crippen molar-refractivity contribution < 1.29 is 33.7 Å². The maximum Gasteiger partial charge on any atom is 0.508 e. The number of amides is 1. The summed E-state index contributed by atoms with van der Waals surface area (Å²) in [7, 11) is 0. The molecule has 0 aromatic heterocycles. The molecule has 1 fully saturated rings. The Morgan fingerprint density at radius 2 is 1.83 bits per heavy atom. The summed E-state index contributed by atoms with van der Waals surface area (Å²) in [5.41, 5.74) is 2.42. The summed E-state index contributed by atoms with van der Waals surface area (Å²) < 4.78 is 15.5. The number of rotatable bonds is 9. The highest BCUT2D eigenvalue weighted by Crippen LogP contribution is 2.48. The molecule has 0 unspecified atom stereocenters. The molecule has 1 N–H and O–H groups in total. The lowest BCUT2D eigenvalue weighted by atomic mass is 9.82. The van der Waals surface area contributed by atoms with Crippen LogP contribution in [-0.4, -0.2) is 53.4 Å². The maximum atomic E-state index is 13.1. The number of hydrogen-bond acceptors (Lipinski definition) is 7. The second-order valence-corrected chi connectivity index (χ2v) is 8.45. The van der Waals surface area contributed by atoms with E-state index >= 15 is 0 Å². The van der Waals surface area contributed by atoms with E-state index in [4.69, 9.17) is 14.2 Å². The molecule has 0 saturated carbocycles. The van der Waals surface area contributed by atoms with Crippen LogP contribution in [0.15, 0.2) is 67.4 Å². The van der Waals surface area contributed by atoms with Crippen molar-refractivity contribution in [2.24, 2.45) is 5.92 Å². The predicted molar refractivity (Wildman–Crippen MR) is 129 cm³/mol. The second-order valence-electron chi connectivity index (χ2n) is 8.45. The Hall–Kier alpha value is -3.91. The molecule has 8 nitrogen and oxygen atoms in total. The van der Waals surface area contributed by atoms with Crippen LogP contribution in [0.4, 0.5) is 4.79 Å². The first-order valence-corrected chi connectivity index (χ1v) is 11.3. The summed E-state index contributed by atoms with van der Waals surface area (Å²) in [6.45, 7) is 8.62. The number of carbonyl (C=O) groups excluding carboxylic acids is 3. The smallest absolute Gasteiger partial charge is 0.457 e. The molecule has 1 saturated heterocycles. The summed E-state index contributed by atoms with van der Waals surface area (Å²) in [6, 6.07) is 11.1. The van der Waals surface area contributed by atoms with Gasteiger partial charge in [-0.1, -0.05) is 49.6 Å². The molecule has 4 rings (SSSR count). The highest BCUT2D eigenvalue weighted by Gasteiger charge is 2.58. The van der Waals surface area contributed by atoms with Crippen molar-refractivity contribution in [3.63, 3.8) is 0 Å². The molecular formula is C27H27NO7. The predicted octanol–water partition coefficient (Wildman–Crippen LogP) is 3.73. The van der Waals surface area contributed by atoms with Gasteiger partial charge in [0.05, 0.1) is 18.6 Å². The summed E-state index contributed by atoms with van der Waals surface area (Å²) in [6.07, 6.45) is 1.66. The summed E-state index contributed by atoms with van der Waals surface area (Å²) in [4.78, 5) is 39.4. The highest BCUT2D eigenvalue weighted by molar-refractivity contribution is 6.07. The molecular weight excluding hydrogens is 450 g/mol. The third kappa shape index (κ3) is 4.57. The van der Waals surface area contributed by atoms with Crippen LogP contribution in [0.25, 0.3) is 16.3 Å². The Morgan fingerprint density at radius 3 is 2.54 bits per heavy atom. The van der Waals surface area contributed by atoms with Gasteiger partial charge in [0.1, 0.15) is 25.0 Å². The normalized spacial score (nSPS) is 19.6. The van der Waals surface area contributed by atoms with E-state index in [9.17, 15) is 19.5 Å². The van der Waals surface area contributed by atoms with Crippen LogP contribution in [0, 0.1) is 5.92 Å². The van der Waals surface area contributed by atoms with Crippen molar-refractivity contribution in [3.05, 3.63) is 78.5 Å². The van der Waals surface area contributed by atoms with Crippen LogP contribution >= 0.6 is 0 Å². The van der Waals surface area contributed by atoms with Gasteiger partial charge in [-0.15, -0.1) is 0 Å². The minimum Gasteiger partial charge on any atom is -0.457 e. The molecule has 2 aliphatic heterocycles. The monoisotopic (exact) mass is 477 g/mol. The standard InChI is InChI=1S/C27H27NO7/c1-4-10-33-26(31)24-21(19-9-8-18-7-6-17(15-29)12-20(18)13-19)14-22-23(25(30)28(22)24)16(3)35-27(32)34-11-5-2/h4-9,12-13,16,22-23,29H,1-2,10-11,14-15H2,3H3/t16-,22-,23-/m1/s1. The van der Waals surface area contributed by atoms with E-state index < -0.39 is 24.1 Å². The van der Waals surface area contributed by atoms with Crippen LogP contribution in [-0.2, 0) is 30.4 Å². The van der Waals surface area contributed by atoms with Gasteiger partial charge >= 0.3 is 12.1 Å². The molecule has 0 bridgehead atoms. The minimum atomic E-state index is -0.880. The first kappa shape index (κ1) is 24.2. The first-order valence-electron chi connectivity index (χ1n) is 11.3. The molecule has 8 heteroatoms. The number of carbonyl (C=O) groups is 3. The SMILES string of the molecule is C=CCOC(=O)O[C@H](C)[C@H]1C(=O)N2C(C(=O)OCC=C)=C(c3ccc4ccc(CO)cc4c3)C[C@H]12. The molecule has 1 amide bonds. The molecule has 2 aromatic carbocycles. The first-order chi connectivity index (χ1) is 16.9. The average Bonchev–Trinajstić information content (AvgIpc) is 3.20. The highest BCUT2D eigenvalue weighted by atomic mass is 16.7. The van der Waals surface area contributed by atoms with E-state index in [1.165, 1.54) is 17.1 Å². The van der Waals surface area contributed by atoms with Crippen molar-refractivity contribution in [1.29, 1.82) is 0 Å². The van der Waals surface area contributed by atoms with Gasteiger partial charge in [-0.25, -0.2) is 9.59 Å². The minimum absolute atomic E-state index is 0.00464. The molecule has 0 spiro atoms. The van der Waals surface area contributed by atoms with Gasteiger partial charge in [-0.05, 0) is 52.9 Å². The van der Waals surface area contributed by atoms with E-state index in [0.717, 1.165) is 21.9 Å². The van der Waals surface area contributed by atoms with Gasteiger partial charge in [-0.3, -0.25) is 4.79 Å². The number of nitrogens with zero attached hydrogens (tertiary/aromatic N) is 1. The van der Waals surface area contributed by atoms with Gasteiger partial charge in [0.15, 0.2) is 0 Å². The Morgan fingerprint density at radius 1 is 1.11 bits per heavy atom. The van der Waals surface area contributed by atoms with E-state index in [1.807, 2.05) is 36.4 Å². The number of aliphatic hydroxyl groups is 1. The van der Waals surface area contributed by atoms with Crippen molar-refractivity contribution in [2.75, 3.05) is 13.2 Å². The lowest BCUT2D eigenvalue weighted by Crippen LogP contribution is -2.62. The van der Waals surface area contributed by atoms with Gasteiger partial charge < -0.3 is 24.2 Å². The number of hydrogen-bond donors (Lipinski definition) is 1. The lowest BCUT2D eigenvalue weighted by Gasteiger charge is -2.45. The Labute approximate surface area is 203 Å². The fourth-order valence-electron chi connectivity index (χ4n) is 4.67. The van der Waals surface area contributed by atoms with Gasteiger partial charge in [-0.2, -0.15) is 0 Å². The van der Waals surface area contributed by atoms with Crippen LogP contribution in [0.1, 0.15) is 24.5 Å². The molecule has 0 aliphatic carbocycles. The molecule has 2 aromatic rings.